The number of morpholine rings is 1. The van der Waals surface area contributed by atoms with Gasteiger partial charge in [0.15, 0.2) is 5.82 Å². The lowest BCUT2D eigenvalue weighted by atomic mass is 10.1. The Bertz CT molecular complexity index is 751. The predicted molar refractivity (Wildman–Crippen MR) is 96.1 cm³/mol. The fourth-order valence-corrected chi connectivity index (χ4v) is 2.69. The number of nitrogens with zero attached hydrogens (tertiary/aromatic N) is 2. The van der Waals surface area contributed by atoms with Gasteiger partial charge in [-0.1, -0.05) is 17.3 Å². The van der Waals surface area contributed by atoms with E-state index in [1.807, 2.05) is 24.3 Å². The first-order chi connectivity index (χ1) is 12.6. The molecule has 1 aliphatic heterocycles. The molecule has 2 heterocycles. The normalized spacial score (nSPS) is 14.1. The molecule has 0 aliphatic carbocycles. The lowest BCUT2D eigenvalue weighted by Crippen LogP contribution is -2.36. The van der Waals surface area contributed by atoms with Crippen LogP contribution in [0.15, 0.2) is 34.9 Å². The summed E-state index contributed by atoms with van der Waals surface area (Å²) in [7, 11) is 0. The number of amides is 2. The lowest BCUT2D eigenvalue weighted by Gasteiger charge is -2.28. The van der Waals surface area contributed by atoms with Gasteiger partial charge in [-0.3, -0.25) is 9.59 Å². The van der Waals surface area contributed by atoms with E-state index < -0.39 is 0 Å². The van der Waals surface area contributed by atoms with Crippen molar-refractivity contribution in [1.29, 1.82) is 0 Å². The van der Waals surface area contributed by atoms with Gasteiger partial charge in [0.25, 0.3) is 0 Å². The number of aromatic nitrogens is 1. The van der Waals surface area contributed by atoms with E-state index in [2.05, 4.69) is 20.7 Å². The maximum absolute atomic E-state index is 12.0. The van der Waals surface area contributed by atoms with Crippen LogP contribution in [0.25, 0.3) is 0 Å². The van der Waals surface area contributed by atoms with Crippen LogP contribution in [0.4, 0.5) is 11.5 Å². The number of carbonyl (C=O) groups is 2. The molecule has 8 heteroatoms. The van der Waals surface area contributed by atoms with Gasteiger partial charge in [-0.15, -0.1) is 0 Å². The summed E-state index contributed by atoms with van der Waals surface area (Å²) < 4.78 is 10.2. The highest BCUT2D eigenvalue weighted by Gasteiger charge is 2.12. The third kappa shape index (κ3) is 5.06. The van der Waals surface area contributed by atoms with E-state index in [9.17, 15) is 9.59 Å². The summed E-state index contributed by atoms with van der Waals surface area (Å²) in [5.41, 5.74) is 2.02. The number of rotatable bonds is 6. The third-order valence-corrected chi connectivity index (χ3v) is 4.02. The van der Waals surface area contributed by atoms with Crippen LogP contribution in [0.5, 0.6) is 0 Å². The van der Waals surface area contributed by atoms with Crippen molar-refractivity contribution in [3.05, 3.63) is 41.7 Å². The number of aryl methyl sites for hydroxylation is 1. The zero-order valence-electron chi connectivity index (χ0n) is 14.7. The molecule has 0 bridgehead atoms. The quantitative estimate of drug-likeness (QED) is 0.803. The Morgan fingerprint density at radius 2 is 1.88 bits per heavy atom. The van der Waals surface area contributed by atoms with Crippen molar-refractivity contribution in [1.82, 2.24) is 10.5 Å². The second-order valence-corrected chi connectivity index (χ2v) is 6.09. The monoisotopic (exact) mass is 358 g/mol. The molecule has 8 nitrogen and oxygen atoms in total. The smallest absolute Gasteiger partial charge is 0.245 e. The first-order valence-corrected chi connectivity index (χ1v) is 8.51. The van der Waals surface area contributed by atoms with E-state index in [0.717, 1.165) is 37.6 Å². The molecule has 0 atom stereocenters. The number of nitrogens with one attached hydrogen (secondary N) is 2. The summed E-state index contributed by atoms with van der Waals surface area (Å²) in [6.07, 6.45) is 0.222. The van der Waals surface area contributed by atoms with Gasteiger partial charge in [0.2, 0.25) is 11.8 Å². The molecule has 1 saturated heterocycles. The minimum absolute atomic E-state index is 0.114. The molecule has 0 spiro atoms. The minimum atomic E-state index is -0.352. The van der Waals surface area contributed by atoms with Crippen LogP contribution >= 0.6 is 0 Å². The predicted octanol–water partition coefficient (Wildman–Crippen LogP) is 1.12. The van der Waals surface area contributed by atoms with E-state index in [0.29, 0.717) is 11.6 Å². The van der Waals surface area contributed by atoms with Gasteiger partial charge < -0.3 is 24.8 Å². The van der Waals surface area contributed by atoms with Crippen LogP contribution in [0.3, 0.4) is 0 Å². The average molecular weight is 358 g/mol. The molecule has 2 aromatic rings. The number of carbonyl (C=O) groups excluding carboxylic acids is 2. The first kappa shape index (κ1) is 17.9. The number of ether oxygens (including phenoxy) is 1. The summed E-state index contributed by atoms with van der Waals surface area (Å²) >= 11 is 0. The van der Waals surface area contributed by atoms with Crippen LogP contribution in [0.1, 0.15) is 11.3 Å². The second kappa shape index (κ2) is 8.48. The second-order valence-electron chi connectivity index (χ2n) is 6.09. The maximum Gasteiger partial charge on any atom is 0.245 e. The van der Waals surface area contributed by atoms with E-state index in [-0.39, 0.29) is 24.8 Å². The summed E-state index contributed by atoms with van der Waals surface area (Å²) in [6, 6.07) is 9.49. The van der Waals surface area contributed by atoms with Gasteiger partial charge in [-0.05, 0) is 24.6 Å². The zero-order chi connectivity index (χ0) is 18.4. The zero-order valence-corrected chi connectivity index (χ0v) is 14.7. The number of hydrogen-bond donors (Lipinski definition) is 2. The topological polar surface area (TPSA) is 96.7 Å². The van der Waals surface area contributed by atoms with Crippen LogP contribution in [0, 0.1) is 6.92 Å². The summed E-state index contributed by atoms with van der Waals surface area (Å²) in [5.74, 6) is 0.371. The van der Waals surface area contributed by atoms with Gasteiger partial charge in [-0.25, -0.2) is 0 Å². The molecular formula is C18H22N4O4. The van der Waals surface area contributed by atoms with Crippen LogP contribution in [-0.2, 0) is 20.7 Å². The van der Waals surface area contributed by atoms with Crippen molar-refractivity contribution in [2.45, 2.75) is 13.3 Å². The lowest BCUT2D eigenvalue weighted by molar-refractivity contribution is -0.123. The number of hydrogen-bond acceptors (Lipinski definition) is 6. The molecule has 1 aromatic heterocycles. The minimum Gasteiger partial charge on any atom is -0.378 e. The van der Waals surface area contributed by atoms with Crippen LogP contribution in [-0.4, -0.2) is 49.8 Å². The van der Waals surface area contributed by atoms with Crippen molar-refractivity contribution < 1.29 is 18.8 Å². The molecule has 0 radical (unpaired) electrons. The molecule has 1 fully saturated rings. The van der Waals surface area contributed by atoms with Crippen molar-refractivity contribution in [3.63, 3.8) is 0 Å². The van der Waals surface area contributed by atoms with E-state index in [1.165, 1.54) is 0 Å². The molecule has 2 amide bonds. The van der Waals surface area contributed by atoms with Crippen molar-refractivity contribution in [2.75, 3.05) is 43.1 Å². The van der Waals surface area contributed by atoms with Crippen molar-refractivity contribution >= 4 is 23.3 Å². The summed E-state index contributed by atoms with van der Waals surface area (Å²) in [4.78, 5) is 26.0. The first-order valence-electron chi connectivity index (χ1n) is 8.51. The van der Waals surface area contributed by atoms with Crippen LogP contribution in [0.2, 0.25) is 0 Å². The fraction of sp³-hybridized carbons (Fsp3) is 0.389. The highest BCUT2D eigenvalue weighted by Crippen LogP contribution is 2.16. The van der Waals surface area contributed by atoms with E-state index in [4.69, 9.17) is 9.26 Å². The molecule has 138 valence electrons. The summed E-state index contributed by atoms with van der Waals surface area (Å²) in [5, 5.41) is 8.82. The Morgan fingerprint density at radius 1 is 1.15 bits per heavy atom. The van der Waals surface area contributed by atoms with Gasteiger partial charge in [0.05, 0.1) is 26.2 Å². The highest BCUT2D eigenvalue weighted by atomic mass is 16.5. The van der Waals surface area contributed by atoms with E-state index in [1.54, 1.807) is 13.0 Å². The average Bonchev–Trinajstić information content (AvgIpc) is 3.06. The Kier molecular flexibility index (Phi) is 5.85. The van der Waals surface area contributed by atoms with Crippen molar-refractivity contribution in [2.24, 2.45) is 0 Å². The summed E-state index contributed by atoms with van der Waals surface area (Å²) in [6.45, 7) is 4.84. The Hall–Kier alpha value is -2.87. The Labute approximate surface area is 151 Å². The Morgan fingerprint density at radius 3 is 2.54 bits per heavy atom. The van der Waals surface area contributed by atoms with Gasteiger partial charge in [0, 0.05) is 24.8 Å². The Balaban J connectivity index is 1.43. The molecule has 26 heavy (non-hydrogen) atoms. The maximum atomic E-state index is 12.0. The number of anilines is 2. The molecule has 0 saturated carbocycles. The SMILES string of the molecule is Cc1cc(NC(=O)CNC(=O)Cc2ccc(N3CCOCC3)cc2)no1. The highest BCUT2D eigenvalue weighted by molar-refractivity contribution is 5.94. The standard InChI is InChI=1S/C18H22N4O4/c1-13-10-16(21-26-13)20-18(24)12-19-17(23)11-14-2-4-15(5-3-14)22-6-8-25-9-7-22/h2-5,10H,6-9,11-12H2,1H3,(H,19,23)(H,20,21,24). The molecule has 2 N–H and O–H groups in total. The fourth-order valence-electron chi connectivity index (χ4n) is 2.69. The molecule has 0 unspecified atom stereocenters. The van der Waals surface area contributed by atoms with Gasteiger partial charge in [0.1, 0.15) is 5.76 Å². The third-order valence-electron chi connectivity index (χ3n) is 4.02. The molecule has 1 aliphatic rings. The number of benzene rings is 1. The van der Waals surface area contributed by atoms with Gasteiger partial charge in [-0.2, -0.15) is 0 Å². The molecule has 3 rings (SSSR count). The van der Waals surface area contributed by atoms with Crippen LogP contribution < -0.4 is 15.5 Å². The van der Waals surface area contributed by atoms with Gasteiger partial charge >= 0.3 is 0 Å². The largest absolute Gasteiger partial charge is 0.378 e. The molecular weight excluding hydrogens is 336 g/mol. The van der Waals surface area contributed by atoms with E-state index >= 15 is 0 Å². The molecule has 1 aromatic carbocycles. The van der Waals surface area contributed by atoms with Crippen molar-refractivity contribution in [3.8, 4) is 0 Å².